The van der Waals surface area contributed by atoms with Crippen LogP contribution in [0.3, 0.4) is 0 Å². The third-order valence-corrected chi connectivity index (χ3v) is 3.17. The monoisotopic (exact) mass is 277 g/mol. The number of nitrogens with one attached hydrogen (secondary N) is 1. The van der Waals surface area contributed by atoms with E-state index < -0.39 is 0 Å². The molecule has 0 aliphatic rings. The molecule has 0 saturated heterocycles. The summed E-state index contributed by atoms with van der Waals surface area (Å²) in [6.45, 7) is 2.44. The summed E-state index contributed by atoms with van der Waals surface area (Å²) in [4.78, 5) is 0. The quantitative estimate of drug-likeness (QED) is 0.888. The Morgan fingerprint density at radius 3 is 2.68 bits per heavy atom. The van der Waals surface area contributed by atoms with E-state index >= 15 is 0 Å². The first-order valence-corrected chi connectivity index (χ1v) is 6.34. The van der Waals surface area contributed by atoms with Crippen molar-refractivity contribution >= 4 is 17.3 Å². The molecular formula is C15H16ClNO2. The highest BCUT2D eigenvalue weighted by Gasteiger charge is 2.04. The number of methoxy groups -OCH3 is 1. The molecule has 0 amide bonds. The van der Waals surface area contributed by atoms with Crippen molar-refractivity contribution in [2.45, 2.75) is 13.5 Å². The number of anilines is 1. The molecule has 0 aliphatic heterocycles. The van der Waals surface area contributed by atoms with Crippen LogP contribution in [0, 0.1) is 6.92 Å². The van der Waals surface area contributed by atoms with Crippen molar-refractivity contribution in [3.63, 3.8) is 0 Å². The number of hydrogen-bond donors (Lipinski definition) is 2. The predicted molar refractivity (Wildman–Crippen MR) is 78.2 cm³/mol. The molecule has 0 spiro atoms. The van der Waals surface area contributed by atoms with E-state index in [1.807, 2.05) is 31.2 Å². The van der Waals surface area contributed by atoms with Gasteiger partial charge in [0.15, 0.2) is 0 Å². The number of aromatic hydroxyl groups is 1. The van der Waals surface area contributed by atoms with Gasteiger partial charge in [0.2, 0.25) is 0 Å². The molecule has 0 saturated carbocycles. The second-order valence-corrected chi connectivity index (χ2v) is 4.75. The number of halogens is 1. The zero-order valence-corrected chi connectivity index (χ0v) is 11.7. The molecule has 2 aromatic rings. The van der Waals surface area contributed by atoms with Gasteiger partial charge >= 0.3 is 0 Å². The second-order valence-electron chi connectivity index (χ2n) is 4.31. The molecule has 19 heavy (non-hydrogen) atoms. The average molecular weight is 278 g/mol. The number of phenolic OH excluding ortho intramolecular Hbond substituents is 1. The predicted octanol–water partition coefficient (Wildman–Crippen LogP) is 3.97. The molecule has 0 aromatic heterocycles. The third kappa shape index (κ3) is 3.32. The molecule has 0 aliphatic carbocycles. The summed E-state index contributed by atoms with van der Waals surface area (Å²) in [7, 11) is 1.63. The van der Waals surface area contributed by atoms with Gasteiger partial charge in [0, 0.05) is 28.9 Å². The summed E-state index contributed by atoms with van der Waals surface area (Å²) in [5, 5.41) is 13.6. The van der Waals surface area contributed by atoms with Crippen LogP contribution in [-0.2, 0) is 6.54 Å². The van der Waals surface area contributed by atoms with Crippen LogP contribution in [0.4, 0.5) is 5.69 Å². The standard InChI is InChI=1S/C15H16ClNO2/c1-10-3-5-13(8-14(10)18)17-9-11-7-12(16)4-6-15(11)19-2/h3-8,17-18H,9H2,1-2H3. The molecule has 2 N–H and O–H groups in total. The Morgan fingerprint density at radius 2 is 2.00 bits per heavy atom. The van der Waals surface area contributed by atoms with Crippen molar-refractivity contribution < 1.29 is 9.84 Å². The van der Waals surface area contributed by atoms with E-state index in [2.05, 4.69) is 5.32 Å². The summed E-state index contributed by atoms with van der Waals surface area (Å²) in [5.74, 6) is 1.07. The zero-order valence-electron chi connectivity index (χ0n) is 10.9. The minimum absolute atomic E-state index is 0.281. The lowest BCUT2D eigenvalue weighted by Crippen LogP contribution is -2.01. The number of ether oxygens (including phenoxy) is 1. The highest BCUT2D eigenvalue weighted by molar-refractivity contribution is 6.30. The van der Waals surface area contributed by atoms with Gasteiger partial charge in [-0.1, -0.05) is 17.7 Å². The number of aryl methyl sites for hydroxylation is 1. The van der Waals surface area contributed by atoms with E-state index in [0.29, 0.717) is 11.6 Å². The first-order valence-electron chi connectivity index (χ1n) is 5.96. The number of phenols is 1. The van der Waals surface area contributed by atoms with Gasteiger partial charge in [0.05, 0.1) is 7.11 Å². The smallest absolute Gasteiger partial charge is 0.123 e. The molecule has 3 nitrogen and oxygen atoms in total. The van der Waals surface area contributed by atoms with E-state index in [1.165, 1.54) is 0 Å². The molecule has 0 unspecified atom stereocenters. The van der Waals surface area contributed by atoms with Crippen molar-refractivity contribution in [3.8, 4) is 11.5 Å². The highest BCUT2D eigenvalue weighted by Crippen LogP contribution is 2.25. The molecule has 2 aromatic carbocycles. The Bertz CT molecular complexity index is 584. The third-order valence-electron chi connectivity index (χ3n) is 2.93. The lowest BCUT2D eigenvalue weighted by atomic mass is 10.1. The van der Waals surface area contributed by atoms with E-state index in [9.17, 15) is 5.11 Å². The van der Waals surface area contributed by atoms with E-state index in [-0.39, 0.29) is 5.75 Å². The van der Waals surface area contributed by atoms with E-state index in [0.717, 1.165) is 22.6 Å². The Kier molecular flexibility index (Phi) is 4.17. The van der Waals surface area contributed by atoms with Crippen LogP contribution in [0.15, 0.2) is 36.4 Å². The minimum Gasteiger partial charge on any atom is -0.508 e. The van der Waals surface area contributed by atoms with Crippen molar-refractivity contribution in [1.82, 2.24) is 0 Å². The Hall–Kier alpha value is -1.87. The van der Waals surface area contributed by atoms with Crippen molar-refractivity contribution in [2.75, 3.05) is 12.4 Å². The van der Waals surface area contributed by atoms with Crippen LogP contribution < -0.4 is 10.1 Å². The fourth-order valence-corrected chi connectivity index (χ4v) is 2.00. The van der Waals surface area contributed by atoms with Gasteiger partial charge in [-0.05, 0) is 36.8 Å². The van der Waals surface area contributed by atoms with Crippen LogP contribution in [-0.4, -0.2) is 12.2 Å². The van der Waals surface area contributed by atoms with Crippen molar-refractivity contribution in [3.05, 3.63) is 52.5 Å². The summed E-state index contributed by atoms with van der Waals surface area (Å²) >= 11 is 5.98. The summed E-state index contributed by atoms with van der Waals surface area (Å²) in [5.41, 5.74) is 2.67. The van der Waals surface area contributed by atoms with Crippen LogP contribution >= 0.6 is 11.6 Å². The van der Waals surface area contributed by atoms with Crippen LogP contribution in [0.5, 0.6) is 11.5 Å². The van der Waals surface area contributed by atoms with Gasteiger partial charge in [0.1, 0.15) is 11.5 Å². The maximum atomic E-state index is 9.66. The van der Waals surface area contributed by atoms with E-state index in [4.69, 9.17) is 16.3 Å². The van der Waals surface area contributed by atoms with Gasteiger partial charge in [-0.2, -0.15) is 0 Å². The minimum atomic E-state index is 0.281. The second kappa shape index (κ2) is 5.85. The maximum absolute atomic E-state index is 9.66. The molecule has 2 rings (SSSR count). The lowest BCUT2D eigenvalue weighted by Gasteiger charge is -2.11. The summed E-state index contributed by atoms with van der Waals surface area (Å²) in [6, 6.07) is 11.0. The normalized spacial score (nSPS) is 10.3. The number of benzene rings is 2. The van der Waals surface area contributed by atoms with Crippen LogP contribution in [0.25, 0.3) is 0 Å². The Morgan fingerprint density at radius 1 is 1.21 bits per heavy atom. The number of hydrogen-bond acceptors (Lipinski definition) is 3. The molecule has 0 bridgehead atoms. The van der Waals surface area contributed by atoms with E-state index in [1.54, 1.807) is 19.2 Å². The van der Waals surface area contributed by atoms with Crippen molar-refractivity contribution in [2.24, 2.45) is 0 Å². The van der Waals surface area contributed by atoms with Gasteiger partial charge in [-0.15, -0.1) is 0 Å². The molecule has 0 atom stereocenters. The SMILES string of the molecule is COc1ccc(Cl)cc1CNc1ccc(C)c(O)c1. The van der Waals surface area contributed by atoms with Gasteiger partial charge in [-0.25, -0.2) is 0 Å². The maximum Gasteiger partial charge on any atom is 0.123 e. The fraction of sp³-hybridized carbons (Fsp3) is 0.200. The first-order chi connectivity index (χ1) is 9.10. The Balaban J connectivity index is 2.13. The topological polar surface area (TPSA) is 41.5 Å². The molecular weight excluding hydrogens is 262 g/mol. The highest BCUT2D eigenvalue weighted by atomic mass is 35.5. The molecule has 4 heteroatoms. The number of rotatable bonds is 4. The van der Waals surface area contributed by atoms with Gasteiger partial charge in [-0.3, -0.25) is 0 Å². The lowest BCUT2D eigenvalue weighted by molar-refractivity contribution is 0.410. The first kappa shape index (κ1) is 13.6. The molecule has 0 heterocycles. The fourth-order valence-electron chi connectivity index (χ4n) is 1.80. The Labute approximate surface area is 117 Å². The molecule has 0 radical (unpaired) electrons. The molecule has 0 fully saturated rings. The van der Waals surface area contributed by atoms with Gasteiger partial charge in [0.25, 0.3) is 0 Å². The van der Waals surface area contributed by atoms with Crippen LogP contribution in [0.2, 0.25) is 5.02 Å². The van der Waals surface area contributed by atoms with Crippen molar-refractivity contribution in [1.29, 1.82) is 0 Å². The average Bonchev–Trinajstić information content (AvgIpc) is 2.40. The van der Waals surface area contributed by atoms with Gasteiger partial charge < -0.3 is 15.2 Å². The van der Waals surface area contributed by atoms with Crippen LogP contribution in [0.1, 0.15) is 11.1 Å². The zero-order chi connectivity index (χ0) is 13.8. The molecule has 100 valence electrons. The largest absolute Gasteiger partial charge is 0.508 e. The summed E-state index contributed by atoms with van der Waals surface area (Å²) in [6.07, 6.45) is 0. The summed E-state index contributed by atoms with van der Waals surface area (Å²) < 4.78 is 5.28.